The summed E-state index contributed by atoms with van der Waals surface area (Å²) in [5.74, 6) is 0.317. The Labute approximate surface area is 256 Å². The van der Waals surface area contributed by atoms with E-state index in [4.69, 9.17) is 4.74 Å². The lowest BCUT2D eigenvalue weighted by atomic mass is 10.0. The first-order chi connectivity index (χ1) is 21.5. The number of ether oxygens (including phenoxy) is 1. The fourth-order valence-electron chi connectivity index (χ4n) is 5.95. The number of dihydropyridines is 1. The standard InChI is InChI=1S/C30H40N12O2/c1-31-29(43)25-7-8-26(38-37-25)36-30(35-24-6-4-5-23(27(24)44-3)28-33-20-40(2)39-28)12-9-22(19-34-30)42-17-15-41(16-18-42)21-10-13-32-14-11-21/h4-9,12,19-21,32,34-35H,10-11,13-18H2,1-3H3,(H,31,43)(H,36,38). The third-order valence-corrected chi connectivity index (χ3v) is 8.30. The number of hydrogen-bond donors (Lipinski definition) is 5. The van der Waals surface area contributed by atoms with E-state index in [1.165, 1.54) is 12.8 Å². The number of allylic oxidation sites excluding steroid dienone is 1. The average Bonchev–Trinajstić information content (AvgIpc) is 3.51. The van der Waals surface area contributed by atoms with E-state index in [9.17, 15) is 4.79 Å². The van der Waals surface area contributed by atoms with Gasteiger partial charge in [-0.1, -0.05) is 6.07 Å². The van der Waals surface area contributed by atoms with E-state index >= 15 is 0 Å². The number of rotatable bonds is 9. The van der Waals surface area contributed by atoms with Gasteiger partial charge in [-0.25, -0.2) is 4.98 Å². The van der Waals surface area contributed by atoms with E-state index < -0.39 is 5.79 Å². The van der Waals surface area contributed by atoms with Crippen LogP contribution in [-0.4, -0.2) is 106 Å². The number of carbonyl (C=O) groups is 1. The monoisotopic (exact) mass is 600 g/mol. The zero-order chi connectivity index (χ0) is 30.5. The highest BCUT2D eigenvalue weighted by Gasteiger charge is 2.33. The van der Waals surface area contributed by atoms with Crippen LogP contribution in [0.1, 0.15) is 23.3 Å². The van der Waals surface area contributed by atoms with Crippen molar-refractivity contribution in [2.75, 3.05) is 64.1 Å². The second-order valence-electron chi connectivity index (χ2n) is 11.1. The van der Waals surface area contributed by atoms with Gasteiger partial charge in [-0.3, -0.25) is 14.4 Å². The highest BCUT2D eigenvalue weighted by molar-refractivity contribution is 5.91. The topological polar surface area (TPSA) is 149 Å². The van der Waals surface area contributed by atoms with Gasteiger partial charge < -0.3 is 36.2 Å². The number of para-hydroxylation sites is 1. The molecule has 6 rings (SSSR count). The van der Waals surface area contributed by atoms with Gasteiger partial charge >= 0.3 is 0 Å². The number of piperidine rings is 1. The molecule has 232 valence electrons. The number of carbonyl (C=O) groups excluding carboxylic acids is 1. The number of anilines is 2. The summed E-state index contributed by atoms with van der Waals surface area (Å²) in [5.41, 5.74) is 2.80. The predicted octanol–water partition coefficient (Wildman–Crippen LogP) is 1.19. The third-order valence-electron chi connectivity index (χ3n) is 8.30. The Hall–Kier alpha value is -4.69. The van der Waals surface area contributed by atoms with Crippen LogP contribution in [0.5, 0.6) is 5.75 Å². The van der Waals surface area contributed by atoms with Gasteiger partial charge in [0.05, 0.1) is 24.1 Å². The Balaban J connectivity index is 1.24. The molecule has 1 unspecified atom stereocenters. The van der Waals surface area contributed by atoms with Gasteiger partial charge in [-0.15, -0.1) is 10.2 Å². The first kappa shape index (κ1) is 29.4. The predicted molar refractivity (Wildman–Crippen MR) is 168 cm³/mol. The number of hydrogen-bond acceptors (Lipinski definition) is 12. The quantitative estimate of drug-likeness (QED) is 0.225. The highest BCUT2D eigenvalue weighted by Crippen LogP contribution is 2.36. The summed E-state index contributed by atoms with van der Waals surface area (Å²) in [6, 6.07) is 9.82. The number of piperazine rings is 1. The first-order valence-electron chi connectivity index (χ1n) is 15.0. The number of amides is 1. The molecule has 3 aliphatic rings. The Morgan fingerprint density at radius 1 is 1.07 bits per heavy atom. The van der Waals surface area contributed by atoms with Crippen molar-refractivity contribution in [3.63, 3.8) is 0 Å². The van der Waals surface area contributed by atoms with E-state index in [-0.39, 0.29) is 11.6 Å². The molecule has 0 spiro atoms. The highest BCUT2D eigenvalue weighted by atomic mass is 16.5. The molecule has 2 saturated heterocycles. The van der Waals surface area contributed by atoms with Crippen LogP contribution in [0.4, 0.5) is 11.5 Å². The Kier molecular flexibility index (Phi) is 8.61. The molecule has 0 aliphatic carbocycles. The van der Waals surface area contributed by atoms with E-state index in [1.54, 1.807) is 37.3 Å². The van der Waals surface area contributed by atoms with Gasteiger partial charge in [0, 0.05) is 52.5 Å². The summed E-state index contributed by atoms with van der Waals surface area (Å²) in [4.78, 5) is 21.5. The van der Waals surface area contributed by atoms with Gasteiger partial charge in [0.15, 0.2) is 23.1 Å². The smallest absolute Gasteiger partial charge is 0.271 e. The summed E-state index contributed by atoms with van der Waals surface area (Å²) in [6.45, 7) is 6.25. The SMILES string of the molecule is CNC(=O)c1ccc(NC2(Nc3cccc(-c4ncn(C)n4)c3OC)C=CC(N3CCN(C4CCNCC4)CC3)=CN2)nn1. The van der Waals surface area contributed by atoms with Gasteiger partial charge in [0.25, 0.3) is 5.91 Å². The fourth-order valence-corrected chi connectivity index (χ4v) is 5.95. The second-order valence-corrected chi connectivity index (χ2v) is 11.1. The van der Waals surface area contributed by atoms with E-state index in [0.29, 0.717) is 29.1 Å². The van der Waals surface area contributed by atoms with Crippen molar-refractivity contribution in [2.45, 2.75) is 24.7 Å². The molecule has 44 heavy (non-hydrogen) atoms. The van der Waals surface area contributed by atoms with Gasteiger partial charge in [0.2, 0.25) is 5.79 Å². The number of aromatic nitrogens is 5. The minimum Gasteiger partial charge on any atom is -0.494 e. The van der Waals surface area contributed by atoms with Crippen LogP contribution >= 0.6 is 0 Å². The van der Waals surface area contributed by atoms with E-state index in [2.05, 4.69) is 62.7 Å². The molecule has 14 heteroatoms. The molecule has 5 N–H and O–H groups in total. The van der Waals surface area contributed by atoms with Crippen LogP contribution in [0.25, 0.3) is 11.4 Å². The zero-order valence-corrected chi connectivity index (χ0v) is 25.4. The molecule has 3 aromatic rings. The molecule has 14 nitrogen and oxygen atoms in total. The molecule has 2 aromatic heterocycles. The van der Waals surface area contributed by atoms with Crippen molar-refractivity contribution in [3.05, 3.63) is 66.4 Å². The maximum absolute atomic E-state index is 12.0. The lowest BCUT2D eigenvalue weighted by molar-refractivity contribution is 0.0957. The average molecular weight is 601 g/mol. The number of nitrogens with zero attached hydrogens (tertiary/aromatic N) is 7. The Bertz CT molecular complexity index is 1510. The van der Waals surface area contributed by atoms with Gasteiger partial charge in [0.1, 0.15) is 6.33 Å². The normalized spacial score (nSPS) is 20.9. The number of methoxy groups -OCH3 is 1. The maximum Gasteiger partial charge on any atom is 0.271 e. The fraction of sp³-hybridized carbons (Fsp3) is 0.433. The van der Waals surface area contributed by atoms with Crippen LogP contribution < -0.4 is 31.3 Å². The maximum atomic E-state index is 12.0. The summed E-state index contributed by atoms with van der Waals surface area (Å²) in [6.07, 6.45) is 10.3. The van der Waals surface area contributed by atoms with Crippen LogP contribution in [0.2, 0.25) is 0 Å². The molecule has 2 fully saturated rings. The summed E-state index contributed by atoms with van der Waals surface area (Å²) in [7, 11) is 5.02. The number of benzene rings is 1. The van der Waals surface area contributed by atoms with Crippen molar-refractivity contribution in [3.8, 4) is 17.1 Å². The molecule has 1 atom stereocenters. The zero-order valence-electron chi connectivity index (χ0n) is 25.4. The molecule has 1 aromatic carbocycles. The molecule has 0 bridgehead atoms. The molecule has 3 aliphatic heterocycles. The van der Waals surface area contributed by atoms with E-state index in [1.807, 2.05) is 37.5 Å². The van der Waals surface area contributed by atoms with Crippen molar-refractivity contribution in [1.29, 1.82) is 0 Å². The van der Waals surface area contributed by atoms with Gasteiger partial charge in [-0.2, -0.15) is 5.10 Å². The Morgan fingerprint density at radius 2 is 1.89 bits per heavy atom. The van der Waals surface area contributed by atoms with Crippen LogP contribution in [-0.2, 0) is 7.05 Å². The van der Waals surface area contributed by atoms with Crippen LogP contribution in [0.15, 0.2) is 60.7 Å². The molecule has 0 saturated carbocycles. The lowest BCUT2D eigenvalue weighted by Gasteiger charge is -2.43. The Morgan fingerprint density at radius 3 is 2.52 bits per heavy atom. The van der Waals surface area contributed by atoms with Crippen molar-refractivity contribution in [1.82, 2.24) is 50.7 Å². The van der Waals surface area contributed by atoms with Gasteiger partial charge in [-0.05, 0) is 62.3 Å². The molecule has 0 radical (unpaired) electrons. The van der Waals surface area contributed by atoms with Crippen molar-refractivity contribution >= 4 is 17.4 Å². The van der Waals surface area contributed by atoms with Crippen LogP contribution in [0, 0.1) is 0 Å². The summed E-state index contributed by atoms with van der Waals surface area (Å²) < 4.78 is 7.53. The number of aryl methyl sites for hydroxylation is 1. The minimum absolute atomic E-state index is 0.232. The molecule has 1 amide bonds. The summed E-state index contributed by atoms with van der Waals surface area (Å²) >= 11 is 0. The number of nitrogens with one attached hydrogen (secondary N) is 5. The molecular formula is C30H40N12O2. The van der Waals surface area contributed by atoms with Crippen molar-refractivity contribution < 1.29 is 9.53 Å². The first-order valence-corrected chi connectivity index (χ1v) is 15.0. The third kappa shape index (κ3) is 6.31. The van der Waals surface area contributed by atoms with Crippen molar-refractivity contribution in [2.24, 2.45) is 7.05 Å². The largest absolute Gasteiger partial charge is 0.494 e. The molecule has 5 heterocycles. The molecular weight excluding hydrogens is 560 g/mol. The lowest BCUT2D eigenvalue weighted by Crippen LogP contribution is -2.57. The second kappa shape index (κ2) is 12.9. The van der Waals surface area contributed by atoms with Crippen LogP contribution in [0.3, 0.4) is 0 Å². The van der Waals surface area contributed by atoms with E-state index in [0.717, 1.165) is 50.5 Å². The minimum atomic E-state index is -1.01. The summed E-state index contributed by atoms with van der Waals surface area (Å²) in [5, 5.41) is 29.4.